The molecular weight excluding hydrogens is 630 g/mol. The number of ether oxygens (including phenoxy) is 1. The average Bonchev–Trinajstić information content (AvgIpc) is 2.92. The molecule has 5 aromatic rings. The maximum Gasteiger partial charge on any atom is 0.282 e. The number of benzene rings is 4. The summed E-state index contributed by atoms with van der Waals surface area (Å²) in [5.74, 6) is 1.21. The van der Waals surface area contributed by atoms with Crippen LogP contribution in [0.3, 0.4) is 0 Å². The molecule has 0 spiro atoms. The molecule has 8 heteroatoms. The predicted molar refractivity (Wildman–Crippen MR) is 163 cm³/mol. The highest BCUT2D eigenvalue weighted by atomic mass is 79.9. The van der Waals surface area contributed by atoms with E-state index in [0.29, 0.717) is 38.6 Å². The Morgan fingerprint density at radius 3 is 2.63 bits per heavy atom. The third-order valence-corrected chi connectivity index (χ3v) is 7.84. The summed E-state index contributed by atoms with van der Waals surface area (Å²) in [6, 6.07) is 23.5. The zero-order chi connectivity index (χ0) is 26.8. The molecule has 0 unspecified atom stereocenters. The zero-order valence-corrected chi connectivity index (χ0v) is 24.7. The second-order valence-corrected chi connectivity index (χ2v) is 11.2. The molecule has 0 saturated carbocycles. The van der Waals surface area contributed by atoms with Crippen LogP contribution in [-0.4, -0.2) is 15.9 Å². The van der Waals surface area contributed by atoms with Crippen molar-refractivity contribution in [3.05, 3.63) is 114 Å². The van der Waals surface area contributed by atoms with Crippen LogP contribution in [0.5, 0.6) is 5.75 Å². The molecule has 1 heterocycles. The van der Waals surface area contributed by atoms with Crippen LogP contribution in [0, 0.1) is 0 Å². The van der Waals surface area contributed by atoms with Crippen LogP contribution in [0.25, 0.3) is 21.7 Å². The van der Waals surface area contributed by atoms with Crippen LogP contribution in [0.15, 0.2) is 91.6 Å². The average molecular weight is 654 g/mol. The van der Waals surface area contributed by atoms with E-state index in [4.69, 9.17) is 21.3 Å². The van der Waals surface area contributed by atoms with Gasteiger partial charge in [0, 0.05) is 10.4 Å². The highest BCUT2D eigenvalue weighted by Gasteiger charge is 2.16. The van der Waals surface area contributed by atoms with Crippen LogP contribution in [0.4, 0.5) is 0 Å². The van der Waals surface area contributed by atoms with Crippen molar-refractivity contribution in [3.63, 3.8) is 0 Å². The summed E-state index contributed by atoms with van der Waals surface area (Å²) in [6.45, 7) is 4.47. The first-order valence-corrected chi connectivity index (χ1v) is 14.2. The Morgan fingerprint density at radius 2 is 1.84 bits per heavy atom. The molecule has 38 heavy (non-hydrogen) atoms. The predicted octanol–water partition coefficient (Wildman–Crippen LogP) is 8.70. The Bertz CT molecular complexity index is 1720. The molecule has 192 valence electrons. The number of fused-ring (bicyclic) bond motifs is 2. The lowest BCUT2D eigenvalue weighted by Crippen LogP contribution is -2.23. The SMILES string of the molecule is CC[C@H](C)c1nc2ccc(Br)cc2c(=O)n1N=Cc1cc(Cl)c(OCc2cccc3ccccc23)c(Br)c1. The van der Waals surface area contributed by atoms with Crippen molar-refractivity contribution in [1.29, 1.82) is 0 Å². The van der Waals surface area contributed by atoms with Gasteiger partial charge in [0.1, 0.15) is 12.4 Å². The fourth-order valence-electron chi connectivity index (χ4n) is 4.26. The second-order valence-electron chi connectivity index (χ2n) is 9.04. The first-order valence-electron chi connectivity index (χ1n) is 12.2. The minimum atomic E-state index is -0.219. The van der Waals surface area contributed by atoms with Crippen LogP contribution < -0.4 is 10.3 Å². The molecule has 1 atom stereocenters. The van der Waals surface area contributed by atoms with Gasteiger partial charge in [-0.2, -0.15) is 9.78 Å². The molecule has 5 nitrogen and oxygen atoms in total. The smallest absolute Gasteiger partial charge is 0.282 e. The van der Waals surface area contributed by atoms with E-state index >= 15 is 0 Å². The number of hydrogen-bond acceptors (Lipinski definition) is 4. The first kappa shape index (κ1) is 26.6. The Kier molecular flexibility index (Phi) is 7.98. The summed E-state index contributed by atoms with van der Waals surface area (Å²) >= 11 is 13.7. The largest absolute Gasteiger partial charge is 0.486 e. The summed E-state index contributed by atoms with van der Waals surface area (Å²) in [6.07, 6.45) is 2.44. The second kappa shape index (κ2) is 11.4. The van der Waals surface area contributed by atoms with Crippen molar-refractivity contribution >= 4 is 71.4 Å². The molecule has 0 bridgehead atoms. The van der Waals surface area contributed by atoms with E-state index in [-0.39, 0.29) is 11.5 Å². The monoisotopic (exact) mass is 651 g/mol. The topological polar surface area (TPSA) is 56.5 Å². The molecule has 1 aromatic heterocycles. The van der Waals surface area contributed by atoms with Gasteiger partial charge in [0.05, 0.1) is 26.6 Å². The Labute approximate surface area is 242 Å². The summed E-state index contributed by atoms with van der Waals surface area (Å²) in [5.41, 5.74) is 2.22. The van der Waals surface area contributed by atoms with Crippen LogP contribution in [-0.2, 0) is 6.61 Å². The highest BCUT2D eigenvalue weighted by Crippen LogP contribution is 2.35. The Morgan fingerprint density at radius 1 is 1.05 bits per heavy atom. The third kappa shape index (κ3) is 5.41. The van der Waals surface area contributed by atoms with E-state index < -0.39 is 0 Å². The number of aromatic nitrogens is 2. The standard InChI is InChI=1S/C30H24Br2ClN3O2/c1-3-18(2)29-35-27-12-11-22(31)15-24(27)30(37)36(29)34-16-19-13-25(32)28(26(33)14-19)38-17-21-9-6-8-20-7-4-5-10-23(20)21/h4-16,18H,3,17H2,1-2H3/t18-/m0/s1. The summed E-state index contributed by atoms with van der Waals surface area (Å²) < 4.78 is 9.02. The van der Waals surface area contributed by atoms with Gasteiger partial charge in [-0.25, -0.2) is 4.98 Å². The molecule has 0 saturated heterocycles. The lowest BCUT2D eigenvalue weighted by molar-refractivity contribution is 0.306. The summed E-state index contributed by atoms with van der Waals surface area (Å²) in [4.78, 5) is 18.1. The third-order valence-electron chi connectivity index (χ3n) is 6.48. The highest BCUT2D eigenvalue weighted by molar-refractivity contribution is 9.10. The number of halogens is 3. The lowest BCUT2D eigenvalue weighted by Gasteiger charge is -2.14. The van der Waals surface area contributed by atoms with E-state index in [9.17, 15) is 4.79 Å². The molecule has 0 amide bonds. The fraction of sp³-hybridized carbons (Fsp3) is 0.167. The molecule has 0 radical (unpaired) electrons. The minimum absolute atomic E-state index is 0.0491. The van der Waals surface area contributed by atoms with Crippen LogP contribution >= 0.6 is 43.5 Å². The molecule has 5 rings (SSSR count). The summed E-state index contributed by atoms with van der Waals surface area (Å²) in [5, 5.41) is 7.79. The number of rotatable bonds is 7. The van der Waals surface area contributed by atoms with Gasteiger partial charge in [0.2, 0.25) is 0 Å². The Hall–Kier alpha value is -3.00. The molecule has 0 aliphatic carbocycles. The molecular formula is C30H24Br2ClN3O2. The van der Waals surface area contributed by atoms with Crippen molar-refractivity contribution in [2.75, 3.05) is 0 Å². The molecule has 0 N–H and O–H groups in total. The van der Waals surface area contributed by atoms with Gasteiger partial charge in [-0.05, 0) is 74.6 Å². The molecule has 0 aliphatic rings. The van der Waals surface area contributed by atoms with Gasteiger partial charge in [-0.3, -0.25) is 4.79 Å². The minimum Gasteiger partial charge on any atom is -0.486 e. The first-order chi connectivity index (χ1) is 18.4. The van der Waals surface area contributed by atoms with Gasteiger partial charge in [-0.15, -0.1) is 0 Å². The summed E-state index contributed by atoms with van der Waals surface area (Å²) in [7, 11) is 0. The van der Waals surface area contributed by atoms with Gasteiger partial charge in [-0.1, -0.05) is 83.8 Å². The fourth-order valence-corrected chi connectivity index (χ4v) is 5.61. The lowest BCUT2D eigenvalue weighted by atomic mass is 10.1. The van der Waals surface area contributed by atoms with Crippen molar-refractivity contribution in [2.45, 2.75) is 32.8 Å². The van der Waals surface area contributed by atoms with E-state index in [1.807, 2.05) is 49.4 Å². The number of hydrogen-bond donors (Lipinski definition) is 0. The Balaban J connectivity index is 1.46. The molecule has 0 aliphatic heterocycles. The normalized spacial score (nSPS) is 12.4. The van der Waals surface area contributed by atoms with Crippen molar-refractivity contribution < 1.29 is 4.74 Å². The number of nitrogens with zero attached hydrogens (tertiary/aromatic N) is 3. The van der Waals surface area contributed by atoms with Crippen molar-refractivity contribution in [1.82, 2.24) is 9.66 Å². The van der Waals surface area contributed by atoms with E-state index in [1.54, 1.807) is 18.3 Å². The van der Waals surface area contributed by atoms with E-state index in [1.165, 1.54) is 4.68 Å². The van der Waals surface area contributed by atoms with E-state index in [0.717, 1.165) is 32.8 Å². The van der Waals surface area contributed by atoms with Crippen LogP contribution in [0.2, 0.25) is 5.02 Å². The van der Waals surface area contributed by atoms with Crippen molar-refractivity contribution in [2.24, 2.45) is 5.10 Å². The maximum atomic E-state index is 13.4. The van der Waals surface area contributed by atoms with Gasteiger partial charge >= 0.3 is 0 Å². The van der Waals surface area contributed by atoms with E-state index in [2.05, 4.69) is 62.1 Å². The molecule has 0 fully saturated rings. The van der Waals surface area contributed by atoms with Crippen molar-refractivity contribution in [3.8, 4) is 5.75 Å². The van der Waals surface area contributed by atoms with Crippen LogP contribution in [0.1, 0.15) is 43.1 Å². The quantitative estimate of drug-likeness (QED) is 0.165. The van der Waals surface area contributed by atoms with Gasteiger partial charge < -0.3 is 4.74 Å². The maximum absolute atomic E-state index is 13.4. The van der Waals surface area contributed by atoms with Gasteiger partial charge in [0.15, 0.2) is 5.75 Å². The zero-order valence-electron chi connectivity index (χ0n) is 20.8. The molecule has 4 aromatic carbocycles. The van der Waals surface area contributed by atoms with Gasteiger partial charge in [0.25, 0.3) is 5.56 Å².